The summed E-state index contributed by atoms with van der Waals surface area (Å²) in [4.78, 5) is 105. The molecule has 7 N–H and O–H groups in total. The van der Waals surface area contributed by atoms with Crippen LogP contribution >= 0.6 is 92.8 Å². The van der Waals surface area contributed by atoms with Crippen molar-refractivity contribution >= 4 is 207 Å². The van der Waals surface area contributed by atoms with E-state index in [2.05, 4.69) is 93.4 Å². The molecule has 12 heterocycles. The van der Waals surface area contributed by atoms with Crippen molar-refractivity contribution in [1.29, 1.82) is 0 Å². The molecule has 36 nitrogen and oxygen atoms in total. The van der Waals surface area contributed by atoms with Gasteiger partial charge in [-0.25, -0.2) is 59.8 Å². The van der Waals surface area contributed by atoms with Gasteiger partial charge in [-0.3, -0.25) is 19.2 Å². The van der Waals surface area contributed by atoms with Crippen molar-refractivity contribution in [3.63, 3.8) is 0 Å². The number of carbonyl (C=O) groups is 4. The number of aromatic nitrogens is 12. The minimum Gasteiger partial charge on any atom is -0.495 e. The zero-order chi connectivity index (χ0) is 108. The smallest absolute Gasteiger partial charge is 0.405 e. The van der Waals surface area contributed by atoms with Crippen LogP contribution in [0.1, 0.15) is 58.3 Å². The molecule has 16 rings (SSSR count). The SMILES string of the molecule is C=CC(=O)C[C@H]1CCOC[C@H]1Nc1ncc2cc(-c3c(Cl)c(OC)cc(OC)c3Cl)nc(N(C)C)c2n1.C=CC(=O)C[C@H]1CCOC[C@H]1Nc1ncc2cc(-c3c(Cl)c(OC)cc(OC)c3Cl)nc(NC)c2n1.C=CC(=O)C[C@H]1CCOC[C@H]1Nc1ncc2cc(-c3c(Cl)c(OC)cc(OC)c3Cl)nc(NCC(F)(F)F)c2n1.C=CC(=O)C[C@H]1CCOC[C@H]1Nc1ncc2cc(-c3c(Cl)c(OC)cc(OC)c3Cl)nc(NCC)c2n1. The summed E-state index contributed by atoms with van der Waals surface area (Å²) in [5.74, 6) is 6.03. The summed E-state index contributed by atoms with van der Waals surface area (Å²) in [5, 5.41) is 26.6. The standard InChI is InChI=1S/C26H26Cl2F3N5O4.2C26H29Cl2N5O4.C25H27Cl2N5O4/c1-4-15(37)7-13-5-6-40-11-17(13)35-25-32-10-14-8-16(34-24(23(14)36-25)33-12-26(29,30)31)20-21(27)18(38-2)9-19(39-3)22(20)28;1-6-16(34)9-14-7-8-37-13-18(14)31-26-29-12-15-10-17(30-25(33(2)3)24(15)32-26)21-22(27)19(35-4)11-20(36-5)23(21)28;1-5-16(34)9-14-7-8-37-13-18(14)32-26-30-12-15-10-17(31-25(29-6-2)24(15)33-26)21-22(27)19(35-3)11-20(36-4)23(21)28;1-5-15(33)8-13-6-7-36-12-17(13)31-25-29-11-14-9-16(30-24(28-2)23(14)32-25)20-21(26)18(34-3)10-19(35-4)22(20)27/h4,8-10,13,17H,1,5-7,11-12H2,2-3H3,(H,33,34)(H,32,35,36);6,10-12,14,18H,1,7-9,13H2,2-5H3,(H,29,31,32);5,10-12,14,18H,1,6-9,13H2,2-4H3,(H,29,31)(H,30,32,33);5,9-11,13,17H,1,6-8,12H2,2-4H3,(H,28,30)(H,29,31,32)/t13-,17-;2*14-,18-;13-,17-/m1111/s1. The number of fused-ring (bicyclic) bond motifs is 4. The van der Waals surface area contributed by atoms with Gasteiger partial charge in [0.15, 0.2) is 46.4 Å². The lowest BCUT2D eigenvalue weighted by molar-refractivity contribution is -0.117. The Morgan fingerprint density at radius 1 is 0.373 bits per heavy atom. The van der Waals surface area contributed by atoms with Gasteiger partial charge in [0.2, 0.25) is 23.8 Å². The summed E-state index contributed by atoms with van der Waals surface area (Å²) in [6.45, 7) is 19.5. The summed E-state index contributed by atoms with van der Waals surface area (Å²) >= 11 is 52.9. The molecule has 8 atom stereocenters. The first-order valence-electron chi connectivity index (χ1n) is 47.1. The van der Waals surface area contributed by atoms with Crippen LogP contribution in [0.5, 0.6) is 46.0 Å². The van der Waals surface area contributed by atoms with E-state index in [1.54, 1.807) is 56.0 Å². The van der Waals surface area contributed by atoms with Gasteiger partial charge in [-0.1, -0.05) is 119 Å². The largest absolute Gasteiger partial charge is 0.495 e. The summed E-state index contributed by atoms with van der Waals surface area (Å²) in [7, 11) is 17.4. The molecule has 4 aliphatic heterocycles. The van der Waals surface area contributed by atoms with Crippen molar-refractivity contribution < 1.29 is 89.2 Å². The van der Waals surface area contributed by atoms with Gasteiger partial charge in [0.05, 0.1) is 170 Å². The Kier molecular flexibility index (Phi) is 40.3. The van der Waals surface area contributed by atoms with Crippen LogP contribution in [0, 0.1) is 23.7 Å². The third kappa shape index (κ3) is 27.4. The van der Waals surface area contributed by atoms with Crippen LogP contribution in [0.2, 0.25) is 40.2 Å². The van der Waals surface area contributed by atoms with Crippen LogP contribution in [0.4, 0.5) is 60.2 Å². The first-order chi connectivity index (χ1) is 72.1. The van der Waals surface area contributed by atoms with Gasteiger partial charge in [-0.05, 0) is 105 Å². The highest BCUT2D eigenvalue weighted by atomic mass is 35.5. The van der Waals surface area contributed by atoms with Gasteiger partial charge in [-0.2, -0.15) is 13.2 Å². The summed E-state index contributed by atoms with van der Waals surface area (Å²) in [5.41, 5.74) is 5.35. The third-order valence-electron chi connectivity index (χ3n) is 25.0. The van der Waals surface area contributed by atoms with Gasteiger partial charge in [0, 0.05) is 173 Å². The number of allylic oxidation sites excluding steroid dienone is 4. The van der Waals surface area contributed by atoms with Crippen molar-refractivity contribution in [3.05, 3.63) is 164 Å². The highest BCUT2D eigenvalue weighted by Crippen LogP contribution is 2.52. The lowest BCUT2D eigenvalue weighted by Crippen LogP contribution is -2.40. The molecule has 0 saturated carbocycles. The number of rotatable bonds is 38. The van der Waals surface area contributed by atoms with Crippen LogP contribution in [0.15, 0.2) is 124 Å². The van der Waals surface area contributed by atoms with Crippen LogP contribution in [-0.4, -0.2) is 257 Å². The van der Waals surface area contributed by atoms with Crippen LogP contribution in [0.3, 0.4) is 0 Å². The van der Waals surface area contributed by atoms with E-state index in [4.69, 9.17) is 180 Å². The highest BCUT2D eigenvalue weighted by molar-refractivity contribution is 6.43. The Bertz CT molecular complexity index is 6900. The van der Waals surface area contributed by atoms with E-state index in [0.29, 0.717) is 241 Å². The lowest BCUT2D eigenvalue weighted by Gasteiger charge is -2.31. The van der Waals surface area contributed by atoms with Crippen molar-refractivity contribution in [2.75, 3.05) is 186 Å². The van der Waals surface area contributed by atoms with Crippen LogP contribution in [-0.2, 0) is 38.1 Å². The van der Waals surface area contributed by atoms with Crippen LogP contribution < -0.4 is 80.0 Å². The van der Waals surface area contributed by atoms with Crippen molar-refractivity contribution in [3.8, 4) is 91.0 Å². The van der Waals surface area contributed by atoms with Gasteiger partial charge in [0.25, 0.3) is 0 Å². The van der Waals surface area contributed by atoms with Gasteiger partial charge >= 0.3 is 6.18 Å². The Morgan fingerprint density at radius 3 is 0.853 bits per heavy atom. The number of anilines is 8. The monoisotopic (exact) mass is 2220 g/mol. The second kappa shape index (κ2) is 52.8. The second-order valence-electron chi connectivity index (χ2n) is 34.7. The molecule has 0 spiro atoms. The third-order valence-corrected chi connectivity index (χ3v) is 28.0. The number of pyridine rings is 4. The van der Waals surface area contributed by atoms with E-state index in [1.165, 1.54) is 93.4 Å². The fraction of sp³-hybridized carbons (Fsp3) is 0.379. The molecule has 12 aromatic rings. The van der Waals surface area contributed by atoms with Crippen molar-refractivity contribution in [2.45, 2.75) is 88.6 Å². The summed E-state index contributed by atoms with van der Waals surface area (Å²) in [6, 6.07) is 12.8. The fourth-order valence-corrected chi connectivity index (χ4v) is 20.0. The van der Waals surface area contributed by atoms with E-state index < -0.39 is 12.7 Å². The molecular weight excluding hydrogens is 2110 g/mol. The molecule has 4 aromatic carbocycles. The molecule has 47 heteroatoms. The Morgan fingerprint density at radius 2 is 0.613 bits per heavy atom. The molecule has 150 heavy (non-hydrogen) atoms. The normalized spacial score (nSPS) is 17.4. The average Bonchev–Trinajstić information content (AvgIpc) is 0.772. The number of halogens is 11. The predicted octanol–water partition coefficient (Wildman–Crippen LogP) is 21.4. The number of carbonyl (C=O) groups excluding carboxylic acids is 4. The number of alkyl halides is 3. The van der Waals surface area contributed by atoms with E-state index >= 15 is 0 Å². The zero-order valence-electron chi connectivity index (χ0n) is 83.9. The summed E-state index contributed by atoms with van der Waals surface area (Å²) < 4.78 is 105. The number of benzene rings is 4. The van der Waals surface area contributed by atoms with E-state index in [-0.39, 0.29) is 127 Å². The number of methoxy groups -OCH3 is 8. The van der Waals surface area contributed by atoms with Gasteiger partial charge < -0.3 is 99.0 Å². The number of ether oxygens (including phenoxy) is 12. The number of nitrogens with one attached hydrogen (secondary N) is 7. The molecule has 4 fully saturated rings. The van der Waals surface area contributed by atoms with Gasteiger partial charge in [0.1, 0.15) is 74.6 Å². The van der Waals surface area contributed by atoms with Gasteiger partial charge in [-0.15, -0.1) is 0 Å². The van der Waals surface area contributed by atoms with E-state index in [9.17, 15) is 32.3 Å². The first kappa shape index (κ1) is 114. The molecule has 4 saturated heterocycles. The number of hydrogen-bond donors (Lipinski definition) is 7. The molecule has 796 valence electrons. The molecule has 0 unspecified atom stereocenters. The minimum atomic E-state index is -4.53. The van der Waals surface area contributed by atoms with Crippen molar-refractivity contribution in [1.82, 2.24) is 59.8 Å². The summed E-state index contributed by atoms with van der Waals surface area (Å²) in [6.07, 6.45) is 11.8. The van der Waals surface area contributed by atoms with E-state index in [1.807, 2.05) is 38.1 Å². The number of hydrogen-bond acceptors (Lipinski definition) is 36. The Hall–Kier alpha value is -12.8. The molecule has 8 aromatic heterocycles. The zero-order valence-corrected chi connectivity index (χ0v) is 90.0. The fourth-order valence-electron chi connectivity index (χ4n) is 17.2. The quantitative estimate of drug-likeness (QED) is 0.0177. The molecule has 0 aliphatic carbocycles. The van der Waals surface area contributed by atoms with Crippen molar-refractivity contribution in [2.24, 2.45) is 23.7 Å². The number of ketones is 4. The maximum atomic E-state index is 13.2. The molecule has 4 aliphatic rings. The minimum absolute atomic E-state index is 0.00817. The Labute approximate surface area is 903 Å². The molecule has 0 bridgehead atoms. The average molecular weight is 2230 g/mol. The highest BCUT2D eigenvalue weighted by Gasteiger charge is 2.37. The maximum absolute atomic E-state index is 13.2. The second-order valence-corrected chi connectivity index (χ2v) is 37.7. The van der Waals surface area contributed by atoms with E-state index in [0.717, 1.165) is 35.4 Å². The lowest BCUT2D eigenvalue weighted by atomic mass is 9.90. The Balaban J connectivity index is 0.000000167. The first-order valence-corrected chi connectivity index (χ1v) is 50.1. The predicted molar refractivity (Wildman–Crippen MR) is 581 cm³/mol. The maximum Gasteiger partial charge on any atom is 0.405 e. The van der Waals surface area contributed by atoms with Crippen LogP contribution in [0.25, 0.3) is 88.6 Å². The molecule has 0 amide bonds. The number of nitrogens with zero attached hydrogens (tertiary/aromatic N) is 13. The topological polar surface area (TPSA) is 421 Å². The molecule has 0 radical (unpaired) electrons. The molecular formula is C103H111Cl8F3N20O16.